The van der Waals surface area contributed by atoms with Gasteiger partial charge in [0.15, 0.2) is 11.6 Å². The van der Waals surface area contributed by atoms with Crippen LogP contribution in [-0.4, -0.2) is 5.75 Å². The van der Waals surface area contributed by atoms with Crippen molar-refractivity contribution in [2.45, 2.75) is 17.7 Å². The molecule has 3 heteroatoms. The van der Waals surface area contributed by atoms with Crippen molar-refractivity contribution in [2.24, 2.45) is 0 Å². The van der Waals surface area contributed by atoms with Gasteiger partial charge in [-0.3, -0.25) is 0 Å². The van der Waals surface area contributed by atoms with E-state index in [-0.39, 0.29) is 0 Å². The van der Waals surface area contributed by atoms with Crippen LogP contribution in [0.5, 0.6) is 0 Å². The Bertz CT molecular complexity index is 342. The fraction of sp³-hybridized carbons (Fsp3) is 0.273. The Balaban J connectivity index is 2.44. The summed E-state index contributed by atoms with van der Waals surface area (Å²) in [6, 6.07) is 3.91. The molecule has 0 fully saturated rings. The minimum Gasteiger partial charge on any atom is -0.204 e. The van der Waals surface area contributed by atoms with Crippen molar-refractivity contribution in [1.29, 1.82) is 0 Å². The Kier molecular flexibility index (Phi) is 4.48. The van der Waals surface area contributed by atoms with Crippen LogP contribution in [0, 0.1) is 24.0 Å². The lowest BCUT2D eigenvalue weighted by molar-refractivity contribution is 0.506. The molecule has 1 rings (SSSR count). The van der Waals surface area contributed by atoms with Gasteiger partial charge in [0.05, 0.1) is 0 Å². The SMILES string of the molecule is C#CCCCSc1ccc(F)c(F)c1. The van der Waals surface area contributed by atoms with Gasteiger partial charge in [0.2, 0.25) is 0 Å². The molecule has 0 nitrogen and oxygen atoms in total. The van der Waals surface area contributed by atoms with Gasteiger partial charge in [0, 0.05) is 11.3 Å². The number of terminal acetylenes is 1. The zero-order chi connectivity index (χ0) is 10.4. The van der Waals surface area contributed by atoms with Crippen molar-refractivity contribution >= 4 is 11.8 Å². The smallest absolute Gasteiger partial charge is 0.159 e. The molecular weight excluding hydrogens is 202 g/mol. The zero-order valence-electron chi connectivity index (χ0n) is 7.59. The Morgan fingerprint density at radius 1 is 1.29 bits per heavy atom. The first-order valence-corrected chi connectivity index (χ1v) is 5.24. The Labute approximate surface area is 86.7 Å². The van der Waals surface area contributed by atoms with Gasteiger partial charge < -0.3 is 0 Å². The van der Waals surface area contributed by atoms with Gasteiger partial charge in [-0.15, -0.1) is 24.1 Å². The van der Waals surface area contributed by atoms with Gasteiger partial charge in [-0.05, 0) is 30.4 Å². The summed E-state index contributed by atoms with van der Waals surface area (Å²) >= 11 is 1.48. The first-order chi connectivity index (χ1) is 6.74. The van der Waals surface area contributed by atoms with E-state index >= 15 is 0 Å². The van der Waals surface area contributed by atoms with Gasteiger partial charge >= 0.3 is 0 Å². The second-order valence-electron chi connectivity index (χ2n) is 2.73. The number of benzene rings is 1. The van der Waals surface area contributed by atoms with E-state index in [0.29, 0.717) is 0 Å². The summed E-state index contributed by atoms with van der Waals surface area (Å²) in [5.74, 6) is 1.75. The first-order valence-electron chi connectivity index (χ1n) is 4.25. The van der Waals surface area contributed by atoms with Crippen LogP contribution in [-0.2, 0) is 0 Å². The third kappa shape index (κ3) is 3.39. The summed E-state index contributed by atoms with van der Waals surface area (Å²) in [7, 11) is 0. The summed E-state index contributed by atoms with van der Waals surface area (Å²) in [5, 5.41) is 0. The third-order valence-electron chi connectivity index (χ3n) is 1.63. The molecule has 0 unspecified atom stereocenters. The normalized spacial score (nSPS) is 9.79. The standard InChI is InChI=1S/C11H10F2S/c1-2-3-4-7-14-9-5-6-10(12)11(13)8-9/h1,5-6,8H,3-4,7H2. The van der Waals surface area contributed by atoms with Crippen molar-refractivity contribution in [3.63, 3.8) is 0 Å². The molecule has 1 aromatic carbocycles. The van der Waals surface area contributed by atoms with Crippen LogP contribution in [0.15, 0.2) is 23.1 Å². The van der Waals surface area contributed by atoms with E-state index < -0.39 is 11.6 Å². The number of unbranched alkanes of at least 4 members (excludes halogenated alkanes) is 1. The van der Waals surface area contributed by atoms with E-state index in [1.165, 1.54) is 17.8 Å². The molecule has 0 bridgehead atoms. The molecule has 0 amide bonds. The molecule has 0 heterocycles. The van der Waals surface area contributed by atoms with E-state index in [0.717, 1.165) is 29.6 Å². The predicted octanol–water partition coefficient (Wildman–Crippen LogP) is 3.47. The van der Waals surface area contributed by atoms with Crippen LogP contribution in [0.3, 0.4) is 0 Å². The van der Waals surface area contributed by atoms with Crippen LogP contribution < -0.4 is 0 Å². The molecule has 0 saturated carbocycles. The van der Waals surface area contributed by atoms with E-state index in [2.05, 4.69) is 5.92 Å². The maximum Gasteiger partial charge on any atom is 0.159 e. The average molecular weight is 212 g/mol. The molecule has 1 aromatic rings. The lowest BCUT2D eigenvalue weighted by Gasteiger charge is -2.00. The van der Waals surface area contributed by atoms with E-state index in [9.17, 15) is 8.78 Å². The summed E-state index contributed by atoms with van der Waals surface area (Å²) in [4.78, 5) is 0.737. The molecule has 0 saturated heterocycles. The summed E-state index contributed by atoms with van der Waals surface area (Å²) < 4.78 is 25.3. The van der Waals surface area contributed by atoms with Gasteiger partial charge in [-0.25, -0.2) is 8.78 Å². The van der Waals surface area contributed by atoms with Gasteiger partial charge in [-0.1, -0.05) is 0 Å². The fourth-order valence-corrected chi connectivity index (χ4v) is 1.81. The fourth-order valence-electron chi connectivity index (χ4n) is 0.931. The largest absolute Gasteiger partial charge is 0.204 e. The number of hydrogen-bond donors (Lipinski definition) is 0. The first kappa shape index (κ1) is 11.1. The van der Waals surface area contributed by atoms with Crippen LogP contribution in [0.1, 0.15) is 12.8 Å². The molecule has 14 heavy (non-hydrogen) atoms. The van der Waals surface area contributed by atoms with Crippen molar-refractivity contribution in [3.8, 4) is 12.3 Å². The molecule has 0 radical (unpaired) electrons. The third-order valence-corrected chi connectivity index (χ3v) is 2.71. The van der Waals surface area contributed by atoms with Crippen molar-refractivity contribution in [1.82, 2.24) is 0 Å². The molecule has 0 spiro atoms. The number of hydrogen-bond acceptors (Lipinski definition) is 1. The van der Waals surface area contributed by atoms with Gasteiger partial charge in [0.25, 0.3) is 0 Å². The quantitative estimate of drug-likeness (QED) is 0.418. The van der Waals surface area contributed by atoms with Crippen LogP contribution in [0.25, 0.3) is 0 Å². The molecule has 0 aliphatic rings. The zero-order valence-corrected chi connectivity index (χ0v) is 8.41. The van der Waals surface area contributed by atoms with Gasteiger partial charge in [0.1, 0.15) is 0 Å². The minimum absolute atomic E-state index is 0.719. The minimum atomic E-state index is -0.807. The highest BCUT2D eigenvalue weighted by Crippen LogP contribution is 2.21. The average Bonchev–Trinajstić information content (AvgIpc) is 2.18. The Morgan fingerprint density at radius 3 is 2.71 bits per heavy atom. The summed E-state index contributed by atoms with van der Waals surface area (Å²) in [5.41, 5.74) is 0. The highest BCUT2D eigenvalue weighted by molar-refractivity contribution is 7.99. The number of halogens is 2. The van der Waals surface area contributed by atoms with Crippen LogP contribution in [0.2, 0.25) is 0 Å². The molecule has 0 aliphatic carbocycles. The maximum absolute atomic E-state index is 12.7. The van der Waals surface area contributed by atoms with E-state index in [4.69, 9.17) is 6.42 Å². The van der Waals surface area contributed by atoms with Crippen molar-refractivity contribution in [2.75, 3.05) is 5.75 Å². The topological polar surface area (TPSA) is 0 Å². The van der Waals surface area contributed by atoms with Crippen molar-refractivity contribution in [3.05, 3.63) is 29.8 Å². The molecule has 74 valence electrons. The predicted molar refractivity (Wildman–Crippen MR) is 55.1 cm³/mol. The summed E-state index contributed by atoms with van der Waals surface area (Å²) in [6.45, 7) is 0. The molecular formula is C11H10F2S. The van der Waals surface area contributed by atoms with E-state index in [1.54, 1.807) is 6.07 Å². The maximum atomic E-state index is 12.7. The Hall–Kier alpha value is -1.01. The second kappa shape index (κ2) is 5.66. The molecule has 0 atom stereocenters. The molecule has 0 N–H and O–H groups in total. The highest BCUT2D eigenvalue weighted by Gasteiger charge is 2.02. The van der Waals surface area contributed by atoms with Crippen LogP contribution in [0.4, 0.5) is 8.78 Å². The molecule has 0 aromatic heterocycles. The van der Waals surface area contributed by atoms with Crippen molar-refractivity contribution < 1.29 is 8.78 Å². The van der Waals surface area contributed by atoms with Gasteiger partial charge in [-0.2, -0.15) is 0 Å². The lowest BCUT2D eigenvalue weighted by Crippen LogP contribution is -1.85. The second-order valence-corrected chi connectivity index (χ2v) is 3.90. The highest BCUT2D eigenvalue weighted by atomic mass is 32.2. The Morgan fingerprint density at radius 2 is 2.07 bits per heavy atom. The number of thioether (sulfide) groups is 1. The summed E-state index contributed by atoms with van der Waals surface area (Å²) in [6.07, 6.45) is 6.69. The number of rotatable bonds is 4. The lowest BCUT2D eigenvalue weighted by atomic mass is 10.3. The monoisotopic (exact) mass is 212 g/mol. The van der Waals surface area contributed by atoms with E-state index in [1.807, 2.05) is 0 Å². The van der Waals surface area contributed by atoms with Crippen LogP contribution >= 0.6 is 11.8 Å². The molecule has 0 aliphatic heterocycles.